The molecular formula is C14H23NO3S. The quantitative estimate of drug-likeness (QED) is 0.833. The summed E-state index contributed by atoms with van der Waals surface area (Å²) in [4.78, 5) is 0. The molecule has 0 fully saturated rings. The number of rotatable bonds is 7. The van der Waals surface area contributed by atoms with Crippen LogP contribution in [0.3, 0.4) is 0 Å². The SMILES string of the molecule is CCNC(CS(C)(=O)=O)c1cc(C)ccc1OCC. The van der Waals surface area contributed by atoms with Crippen molar-refractivity contribution in [2.45, 2.75) is 26.8 Å². The van der Waals surface area contributed by atoms with Gasteiger partial charge in [-0.25, -0.2) is 8.42 Å². The van der Waals surface area contributed by atoms with Gasteiger partial charge >= 0.3 is 0 Å². The van der Waals surface area contributed by atoms with Crippen LogP contribution in [0.5, 0.6) is 5.75 Å². The normalized spacial score (nSPS) is 13.3. The average Bonchev–Trinajstić information content (AvgIpc) is 2.29. The third-order valence-corrected chi connectivity index (χ3v) is 3.70. The molecule has 0 bridgehead atoms. The van der Waals surface area contributed by atoms with E-state index in [0.717, 1.165) is 16.9 Å². The van der Waals surface area contributed by atoms with Gasteiger partial charge < -0.3 is 10.1 Å². The highest BCUT2D eigenvalue weighted by atomic mass is 32.2. The standard InChI is InChI=1S/C14H23NO3S/c1-5-15-13(10-19(4,16)17)12-9-11(3)7-8-14(12)18-6-2/h7-9,13,15H,5-6,10H2,1-4H3. The molecule has 1 aromatic carbocycles. The lowest BCUT2D eigenvalue weighted by atomic mass is 10.0. The largest absolute Gasteiger partial charge is 0.494 e. The summed E-state index contributed by atoms with van der Waals surface area (Å²) in [5.41, 5.74) is 2.00. The van der Waals surface area contributed by atoms with Crippen LogP contribution in [0.15, 0.2) is 18.2 Å². The average molecular weight is 285 g/mol. The zero-order valence-electron chi connectivity index (χ0n) is 12.1. The second-order valence-corrected chi connectivity index (χ2v) is 6.86. The third kappa shape index (κ3) is 5.20. The minimum Gasteiger partial charge on any atom is -0.494 e. The molecule has 0 heterocycles. The van der Waals surface area contributed by atoms with Gasteiger partial charge in [-0.15, -0.1) is 0 Å². The van der Waals surface area contributed by atoms with Crippen molar-refractivity contribution in [2.24, 2.45) is 0 Å². The molecule has 0 radical (unpaired) electrons. The van der Waals surface area contributed by atoms with Crippen molar-refractivity contribution in [1.82, 2.24) is 5.32 Å². The van der Waals surface area contributed by atoms with Crippen LogP contribution in [-0.2, 0) is 9.84 Å². The molecule has 0 amide bonds. The number of ether oxygens (including phenoxy) is 1. The molecule has 1 atom stereocenters. The molecule has 0 aromatic heterocycles. The lowest BCUT2D eigenvalue weighted by molar-refractivity contribution is 0.332. The van der Waals surface area contributed by atoms with Crippen LogP contribution < -0.4 is 10.1 Å². The summed E-state index contributed by atoms with van der Waals surface area (Å²) in [6, 6.07) is 5.63. The maximum absolute atomic E-state index is 11.6. The Morgan fingerprint density at radius 1 is 1.32 bits per heavy atom. The minimum absolute atomic E-state index is 0.0738. The summed E-state index contributed by atoms with van der Waals surface area (Å²) in [5, 5.41) is 3.22. The van der Waals surface area contributed by atoms with E-state index in [9.17, 15) is 8.42 Å². The molecule has 108 valence electrons. The van der Waals surface area contributed by atoms with Crippen molar-refractivity contribution < 1.29 is 13.2 Å². The Bertz CT molecular complexity index is 511. The summed E-state index contributed by atoms with van der Waals surface area (Å²) < 4.78 is 28.7. The summed E-state index contributed by atoms with van der Waals surface area (Å²) >= 11 is 0. The fraction of sp³-hybridized carbons (Fsp3) is 0.571. The molecule has 0 saturated heterocycles. The molecule has 0 aliphatic heterocycles. The van der Waals surface area contributed by atoms with E-state index in [1.807, 2.05) is 39.0 Å². The number of benzene rings is 1. The molecule has 0 aliphatic rings. The first-order valence-corrected chi connectivity index (χ1v) is 8.57. The van der Waals surface area contributed by atoms with Crippen LogP contribution in [-0.4, -0.2) is 33.6 Å². The van der Waals surface area contributed by atoms with Gasteiger partial charge in [0.25, 0.3) is 0 Å². The summed E-state index contributed by atoms with van der Waals surface area (Å²) in [5.74, 6) is 0.826. The molecule has 1 rings (SSSR count). The number of nitrogens with one attached hydrogen (secondary N) is 1. The highest BCUT2D eigenvalue weighted by Crippen LogP contribution is 2.27. The molecule has 5 heteroatoms. The number of hydrogen-bond acceptors (Lipinski definition) is 4. The van der Waals surface area contributed by atoms with Gasteiger partial charge in [0.2, 0.25) is 0 Å². The summed E-state index contributed by atoms with van der Waals surface area (Å²) in [7, 11) is -3.06. The van der Waals surface area contributed by atoms with Gasteiger partial charge in [0.1, 0.15) is 15.6 Å². The van der Waals surface area contributed by atoms with Crippen molar-refractivity contribution in [3.8, 4) is 5.75 Å². The van der Waals surface area contributed by atoms with Crippen LogP contribution in [0.2, 0.25) is 0 Å². The van der Waals surface area contributed by atoms with Crippen LogP contribution in [0.4, 0.5) is 0 Å². The predicted octanol–water partition coefficient (Wildman–Crippen LogP) is 2.09. The first kappa shape index (κ1) is 16.0. The predicted molar refractivity (Wildman–Crippen MR) is 78.5 cm³/mol. The second kappa shape index (κ2) is 6.91. The van der Waals surface area contributed by atoms with Crippen molar-refractivity contribution in [2.75, 3.05) is 25.2 Å². The molecule has 0 spiro atoms. The van der Waals surface area contributed by atoms with Crippen molar-refractivity contribution in [3.05, 3.63) is 29.3 Å². The number of aryl methyl sites for hydroxylation is 1. The van der Waals surface area contributed by atoms with Crippen molar-refractivity contribution in [3.63, 3.8) is 0 Å². The Labute approximate surface area is 116 Å². The van der Waals surface area contributed by atoms with Gasteiger partial charge in [0.05, 0.1) is 12.4 Å². The van der Waals surface area contributed by atoms with Gasteiger partial charge in [0.15, 0.2) is 0 Å². The first-order chi connectivity index (χ1) is 8.87. The van der Waals surface area contributed by atoms with Gasteiger partial charge in [0, 0.05) is 17.9 Å². The molecule has 0 saturated carbocycles. The van der Waals surface area contributed by atoms with Crippen LogP contribution in [0.25, 0.3) is 0 Å². The van der Waals surface area contributed by atoms with Crippen LogP contribution in [0, 0.1) is 6.92 Å². The Morgan fingerprint density at radius 3 is 2.53 bits per heavy atom. The fourth-order valence-corrected chi connectivity index (χ4v) is 2.94. The minimum atomic E-state index is -3.06. The van der Waals surface area contributed by atoms with Gasteiger partial charge in [-0.3, -0.25) is 0 Å². The highest BCUT2D eigenvalue weighted by Gasteiger charge is 2.20. The van der Waals surface area contributed by atoms with E-state index in [1.54, 1.807) is 0 Å². The van der Waals surface area contributed by atoms with Crippen molar-refractivity contribution >= 4 is 9.84 Å². The van der Waals surface area contributed by atoms with Crippen molar-refractivity contribution in [1.29, 1.82) is 0 Å². The maximum Gasteiger partial charge on any atom is 0.149 e. The first-order valence-electron chi connectivity index (χ1n) is 6.51. The summed E-state index contributed by atoms with van der Waals surface area (Å²) in [6.45, 7) is 7.14. The Morgan fingerprint density at radius 2 is 2.00 bits per heavy atom. The molecule has 1 N–H and O–H groups in total. The molecule has 4 nitrogen and oxygen atoms in total. The third-order valence-electron chi connectivity index (χ3n) is 2.76. The monoisotopic (exact) mass is 285 g/mol. The molecule has 1 unspecified atom stereocenters. The van der Waals surface area contributed by atoms with Crippen LogP contribution >= 0.6 is 0 Å². The number of hydrogen-bond donors (Lipinski definition) is 1. The molecule has 1 aromatic rings. The maximum atomic E-state index is 11.6. The van der Waals surface area contributed by atoms with E-state index < -0.39 is 9.84 Å². The molecule has 19 heavy (non-hydrogen) atoms. The Balaban J connectivity index is 3.16. The lowest BCUT2D eigenvalue weighted by Crippen LogP contribution is -2.28. The topological polar surface area (TPSA) is 55.4 Å². The lowest BCUT2D eigenvalue weighted by Gasteiger charge is -2.21. The number of sulfone groups is 1. The van der Waals surface area contributed by atoms with E-state index in [4.69, 9.17) is 4.74 Å². The van der Waals surface area contributed by atoms with E-state index >= 15 is 0 Å². The molecular weight excluding hydrogens is 262 g/mol. The fourth-order valence-electron chi connectivity index (χ4n) is 2.03. The second-order valence-electron chi connectivity index (χ2n) is 4.68. The summed E-state index contributed by atoms with van der Waals surface area (Å²) in [6.07, 6.45) is 1.26. The van der Waals surface area contributed by atoms with Gasteiger partial charge in [-0.05, 0) is 26.5 Å². The Kier molecular flexibility index (Phi) is 5.82. The van der Waals surface area contributed by atoms with Crippen LogP contribution in [0.1, 0.15) is 31.0 Å². The smallest absolute Gasteiger partial charge is 0.149 e. The Hall–Kier alpha value is -1.07. The van der Waals surface area contributed by atoms with E-state index in [1.165, 1.54) is 6.26 Å². The van der Waals surface area contributed by atoms with E-state index in [2.05, 4.69) is 5.32 Å². The van der Waals surface area contributed by atoms with E-state index in [-0.39, 0.29) is 11.8 Å². The van der Waals surface area contributed by atoms with Gasteiger partial charge in [-0.1, -0.05) is 24.6 Å². The highest BCUT2D eigenvalue weighted by molar-refractivity contribution is 7.90. The van der Waals surface area contributed by atoms with E-state index in [0.29, 0.717) is 13.2 Å². The molecule has 0 aliphatic carbocycles. The zero-order valence-corrected chi connectivity index (χ0v) is 12.9. The van der Waals surface area contributed by atoms with Gasteiger partial charge in [-0.2, -0.15) is 0 Å². The zero-order chi connectivity index (χ0) is 14.5.